The fourth-order valence-electron chi connectivity index (χ4n) is 3.79. The van der Waals surface area contributed by atoms with E-state index in [-0.39, 0.29) is 5.92 Å². The van der Waals surface area contributed by atoms with Crippen LogP contribution in [0.5, 0.6) is 0 Å². The number of carboxylic acid groups (broad SMARTS) is 1. The third-order valence-electron chi connectivity index (χ3n) is 5.04. The molecule has 0 aliphatic carbocycles. The molecule has 0 saturated heterocycles. The van der Waals surface area contributed by atoms with E-state index < -0.39 is 12.0 Å². The number of carboxylic acids is 1. The molecule has 0 bridgehead atoms. The van der Waals surface area contributed by atoms with Gasteiger partial charge in [-0.1, -0.05) is 82.2 Å². The Morgan fingerprint density at radius 3 is 2.04 bits per heavy atom. The molecule has 0 N–H and O–H groups in total. The zero-order chi connectivity index (χ0) is 18.7. The third kappa shape index (κ3) is 8.53. The molecule has 1 rings (SSSR count). The van der Waals surface area contributed by atoms with Gasteiger partial charge in [0.15, 0.2) is 0 Å². The van der Waals surface area contributed by atoms with Crippen LogP contribution >= 0.6 is 0 Å². The molecule has 2 unspecified atom stereocenters. The minimum atomic E-state index is -0.920. The maximum Gasteiger partial charge on any atom is 0.132 e. The van der Waals surface area contributed by atoms with Gasteiger partial charge in [-0.15, -0.1) is 0 Å². The smallest absolute Gasteiger partial charge is 0.132 e. The average Bonchev–Trinajstić information content (AvgIpc) is 2.53. The first-order valence-corrected chi connectivity index (χ1v) is 9.92. The average molecular weight is 348 g/mol. The van der Waals surface area contributed by atoms with Crippen molar-refractivity contribution in [3.63, 3.8) is 0 Å². The van der Waals surface area contributed by atoms with Crippen molar-refractivity contribution in [3.8, 4) is 0 Å². The number of benzene rings is 1. The van der Waals surface area contributed by atoms with Crippen LogP contribution in [0.1, 0.15) is 63.9 Å². The number of carbonyl (C=O) groups is 1. The second-order valence-corrected chi connectivity index (χ2v) is 8.24. The topological polar surface area (TPSA) is 40.1 Å². The second-order valence-electron chi connectivity index (χ2n) is 8.24. The molecule has 0 radical (unpaired) electrons. The highest BCUT2D eigenvalue weighted by atomic mass is 16.4. The van der Waals surface area contributed by atoms with Crippen molar-refractivity contribution in [2.75, 3.05) is 21.1 Å². The highest BCUT2D eigenvalue weighted by molar-refractivity contribution is 5.70. The van der Waals surface area contributed by atoms with E-state index in [1.165, 1.54) is 44.1 Å². The number of unbranched alkanes of at least 4 members (excludes halogenated alkanes) is 6. The first-order valence-electron chi connectivity index (χ1n) is 9.92. The van der Waals surface area contributed by atoms with Crippen LogP contribution in [-0.4, -0.2) is 37.6 Å². The van der Waals surface area contributed by atoms with Crippen LogP contribution in [0.4, 0.5) is 0 Å². The number of carbonyl (C=O) groups excluding carboxylic acids is 1. The quantitative estimate of drug-likeness (QED) is 0.402. The lowest BCUT2D eigenvalue weighted by molar-refractivity contribution is -0.893. The SMILES string of the molecule is CCCCCCCCCC(Cc1ccccc1)C(C(=O)[O-])[N+](C)(C)C. The number of rotatable bonds is 13. The van der Waals surface area contributed by atoms with Gasteiger partial charge < -0.3 is 14.4 Å². The van der Waals surface area contributed by atoms with Crippen molar-refractivity contribution in [2.24, 2.45) is 5.92 Å². The van der Waals surface area contributed by atoms with Gasteiger partial charge in [0.2, 0.25) is 0 Å². The Labute approximate surface area is 154 Å². The molecule has 0 heterocycles. The van der Waals surface area contributed by atoms with Crippen LogP contribution in [0.25, 0.3) is 0 Å². The summed E-state index contributed by atoms with van der Waals surface area (Å²) in [6, 6.07) is 9.78. The normalized spacial score (nSPS) is 14.2. The van der Waals surface area contributed by atoms with Crippen molar-refractivity contribution in [2.45, 2.75) is 70.8 Å². The molecule has 3 nitrogen and oxygen atoms in total. The van der Waals surface area contributed by atoms with Crippen molar-refractivity contribution in [1.29, 1.82) is 0 Å². The second kappa shape index (κ2) is 11.3. The van der Waals surface area contributed by atoms with Gasteiger partial charge in [0, 0.05) is 5.92 Å². The molecule has 0 saturated carbocycles. The van der Waals surface area contributed by atoms with Crippen LogP contribution in [0.15, 0.2) is 30.3 Å². The van der Waals surface area contributed by atoms with Gasteiger partial charge in [-0.3, -0.25) is 0 Å². The largest absolute Gasteiger partial charge is 0.544 e. The molecule has 0 spiro atoms. The Hall–Kier alpha value is -1.35. The van der Waals surface area contributed by atoms with Gasteiger partial charge in [-0.25, -0.2) is 0 Å². The van der Waals surface area contributed by atoms with Gasteiger partial charge >= 0.3 is 0 Å². The van der Waals surface area contributed by atoms with E-state index in [1.807, 2.05) is 39.3 Å². The van der Waals surface area contributed by atoms with Gasteiger partial charge in [0.05, 0.1) is 27.1 Å². The summed E-state index contributed by atoms with van der Waals surface area (Å²) in [5.41, 5.74) is 1.22. The molecular formula is C22H37NO2. The Kier molecular flexibility index (Phi) is 9.81. The fourth-order valence-corrected chi connectivity index (χ4v) is 3.79. The highest BCUT2D eigenvalue weighted by Gasteiger charge is 2.33. The van der Waals surface area contributed by atoms with Crippen LogP contribution in [0.2, 0.25) is 0 Å². The summed E-state index contributed by atoms with van der Waals surface area (Å²) in [7, 11) is 5.88. The summed E-state index contributed by atoms with van der Waals surface area (Å²) in [5, 5.41) is 11.9. The first kappa shape index (κ1) is 21.7. The number of nitrogens with zero attached hydrogens (tertiary/aromatic N) is 1. The molecule has 1 aromatic carbocycles. The lowest BCUT2D eigenvalue weighted by Gasteiger charge is -2.40. The monoisotopic (exact) mass is 347 g/mol. The van der Waals surface area contributed by atoms with Gasteiger partial charge in [-0.05, 0) is 18.4 Å². The number of hydrogen-bond donors (Lipinski definition) is 0. The Morgan fingerprint density at radius 1 is 0.960 bits per heavy atom. The summed E-state index contributed by atoms with van der Waals surface area (Å²) in [6.45, 7) is 2.24. The predicted molar refractivity (Wildman–Crippen MR) is 103 cm³/mol. The zero-order valence-corrected chi connectivity index (χ0v) is 16.7. The Balaban J connectivity index is 2.66. The molecule has 142 valence electrons. The van der Waals surface area contributed by atoms with Gasteiger partial charge in [0.1, 0.15) is 6.04 Å². The van der Waals surface area contributed by atoms with E-state index in [0.717, 1.165) is 19.3 Å². The lowest BCUT2D eigenvalue weighted by atomic mass is 9.86. The molecular weight excluding hydrogens is 310 g/mol. The summed E-state index contributed by atoms with van der Waals surface area (Å²) in [6.07, 6.45) is 10.6. The standard InChI is InChI=1S/C22H37NO2/c1-5-6-7-8-9-10-14-17-20(18-19-15-12-11-13-16-19)21(22(24)25)23(2,3)4/h11-13,15-16,20-21H,5-10,14,17-18H2,1-4H3. The lowest BCUT2D eigenvalue weighted by Crippen LogP contribution is -2.58. The molecule has 1 aromatic rings. The summed E-state index contributed by atoms with van der Waals surface area (Å²) >= 11 is 0. The Bertz CT molecular complexity index is 479. The van der Waals surface area contributed by atoms with E-state index in [4.69, 9.17) is 0 Å². The third-order valence-corrected chi connectivity index (χ3v) is 5.04. The van der Waals surface area contributed by atoms with E-state index in [9.17, 15) is 9.90 Å². The minimum absolute atomic E-state index is 0.114. The zero-order valence-electron chi connectivity index (χ0n) is 16.7. The van der Waals surface area contributed by atoms with E-state index >= 15 is 0 Å². The van der Waals surface area contributed by atoms with Crippen molar-refractivity contribution < 1.29 is 14.4 Å². The van der Waals surface area contributed by atoms with Gasteiger partial charge in [-0.2, -0.15) is 0 Å². The molecule has 0 fully saturated rings. The number of likely N-dealkylation sites (N-methyl/N-ethyl adjacent to an activating group) is 1. The fraction of sp³-hybridized carbons (Fsp3) is 0.682. The number of quaternary nitrogens is 1. The van der Waals surface area contributed by atoms with E-state index in [0.29, 0.717) is 4.48 Å². The molecule has 0 aliphatic rings. The van der Waals surface area contributed by atoms with Crippen molar-refractivity contribution >= 4 is 5.97 Å². The number of aliphatic carboxylic acids is 1. The maximum absolute atomic E-state index is 11.9. The minimum Gasteiger partial charge on any atom is -0.544 e. The van der Waals surface area contributed by atoms with Crippen LogP contribution < -0.4 is 5.11 Å². The van der Waals surface area contributed by atoms with Crippen LogP contribution in [0.3, 0.4) is 0 Å². The first-order chi connectivity index (χ1) is 11.9. The van der Waals surface area contributed by atoms with E-state index in [1.54, 1.807) is 0 Å². The van der Waals surface area contributed by atoms with Gasteiger partial charge in [0.25, 0.3) is 0 Å². The summed E-state index contributed by atoms with van der Waals surface area (Å²) < 4.78 is 0.413. The summed E-state index contributed by atoms with van der Waals surface area (Å²) in [5.74, 6) is -0.806. The van der Waals surface area contributed by atoms with Crippen molar-refractivity contribution in [1.82, 2.24) is 0 Å². The maximum atomic E-state index is 11.9. The van der Waals surface area contributed by atoms with Crippen LogP contribution in [-0.2, 0) is 11.2 Å². The number of hydrogen-bond acceptors (Lipinski definition) is 2. The molecule has 2 atom stereocenters. The predicted octanol–water partition coefficient (Wildman–Crippen LogP) is 3.81. The highest BCUT2D eigenvalue weighted by Crippen LogP contribution is 2.25. The van der Waals surface area contributed by atoms with Crippen LogP contribution in [0, 0.1) is 5.92 Å². The molecule has 0 amide bonds. The van der Waals surface area contributed by atoms with E-state index in [2.05, 4.69) is 19.1 Å². The molecule has 25 heavy (non-hydrogen) atoms. The van der Waals surface area contributed by atoms with Crippen molar-refractivity contribution in [3.05, 3.63) is 35.9 Å². The molecule has 0 aliphatic heterocycles. The Morgan fingerprint density at radius 2 is 1.52 bits per heavy atom. The molecule has 0 aromatic heterocycles. The molecule has 3 heteroatoms. The summed E-state index contributed by atoms with van der Waals surface area (Å²) in [4.78, 5) is 11.9.